The van der Waals surface area contributed by atoms with Crippen molar-refractivity contribution in [1.82, 2.24) is 4.98 Å². The second-order valence-corrected chi connectivity index (χ2v) is 6.85. The van der Waals surface area contributed by atoms with E-state index in [1.807, 2.05) is 20.8 Å². The molecular formula is C11H17NO3S2. The van der Waals surface area contributed by atoms with E-state index in [-0.39, 0.29) is 5.60 Å². The van der Waals surface area contributed by atoms with E-state index < -0.39 is 5.97 Å². The molecule has 0 saturated heterocycles. The lowest BCUT2D eigenvalue weighted by Crippen LogP contribution is -2.20. The summed E-state index contributed by atoms with van der Waals surface area (Å²) in [6.07, 6.45) is 0. The van der Waals surface area contributed by atoms with E-state index in [0.717, 1.165) is 10.1 Å². The number of carboxylic acids is 1. The molecule has 0 aliphatic rings. The van der Waals surface area contributed by atoms with Gasteiger partial charge in [-0.3, -0.25) is 0 Å². The molecule has 0 spiro atoms. The normalized spacial score (nSPS) is 11.8. The number of hydrogen-bond donors (Lipinski definition) is 1. The van der Waals surface area contributed by atoms with Crippen molar-refractivity contribution >= 4 is 29.1 Å². The summed E-state index contributed by atoms with van der Waals surface area (Å²) in [5.74, 6) is -0.124. The number of thioether (sulfide) groups is 1. The van der Waals surface area contributed by atoms with Crippen molar-refractivity contribution in [2.24, 2.45) is 0 Å². The second-order valence-electron chi connectivity index (χ2n) is 4.51. The lowest BCUT2D eigenvalue weighted by molar-refractivity contribution is 0.00694. The number of aromatic carboxylic acids is 1. The summed E-state index contributed by atoms with van der Waals surface area (Å²) in [6.45, 7) is 8.38. The molecule has 0 bridgehead atoms. The van der Waals surface area contributed by atoms with Crippen LogP contribution in [0.1, 0.15) is 36.1 Å². The number of nitrogens with zero attached hydrogens (tertiary/aromatic N) is 1. The zero-order valence-corrected chi connectivity index (χ0v) is 12.1. The fourth-order valence-electron chi connectivity index (χ4n) is 1.11. The highest BCUT2D eigenvalue weighted by Gasteiger charge is 2.14. The second kappa shape index (κ2) is 5.84. The van der Waals surface area contributed by atoms with Gasteiger partial charge in [0.2, 0.25) is 0 Å². The van der Waals surface area contributed by atoms with Crippen LogP contribution in [0.5, 0.6) is 0 Å². The predicted octanol–water partition coefficient (Wildman–Crippen LogP) is 3.06. The topological polar surface area (TPSA) is 59.4 Å². The van der Waals surface area contributed by atoms with Crippen molar-refractivity contribution in [3.8, 4) is 0 Å². The van der Waals surface area contributed by atoms with Crippen LogP contribution in [-0.4, -0.2) is 34.0 Å². The molecular weight excluding hydrogens is 258 g/mol. The molecule has 0 fully saturated rings. The Hall–Kier alpha value is -0.590. The average Bonchev–Trinajstić information content (AvgIpc) is 2.53. The van der Waals surface area contributed by atoms with E-state index in [4.69, 9.17) is 9.84 Å². The summed E-state index contributed by atoms with van der Waals surface area (Å²) in [6, 6.07) is 0. The molecule has 1 aromatic heterocycles. The Morgan fingerprint density at radius 3 is 2.65 bits per heavy atom. The van der Waals surface area contributed by atoms with Crippen LogP contribution in [0.25, 0.3) is 0 Å². The van der Waals surface area contributed by atoms with Gasteiger partial charge in [0.25, 0.3) is 0 Å². The lowest BCUT2D eigenvalue weighted by atomic mass is 10.2. The number of aryl methyl sites for hydroxylation is 1. The number of thiazole rings is 1. The van der Waals surface area contributed by atoms with Crippen LogP contribution in [0.15, 0.2) is 4.34 Å². The molecule has 0 aliphatic heterocycles. The molecule has 0 atom stereocenters. The molecule has 0 amide bonds. The number of ether oxygens (including phenoxy) is 1. The van der Waals surface area contributed by atoms with E-state index in [0.29, 0.717) is 17.2 Å². The standard InChI is InChI=1S/C11H17NO3S2/c1-7-8(9(13)14)17-10(12-7)16-6-5-15-11(2,3)4/h5-6H2,1-4H3,(H,13,14). The Morgan fingerprint density at radius 2 is 2.18 bits per heavy atom. The Morgan fingerprint density at radius 1 is 1.53 bits per heavy atom. The van der Waals surface area contributed by atoms with Crippen LogP contribution >= 0.6 is 23.1 Å². The van der Waals surface area contributed by atoms with Crippen molar-refractivity contribution in [2.45, 2.75) is 37.6 Å². The SMILES string of the molecule is Cc1nc(SCCOC(C)(C)C)sc1C(=O)O. The summed E-state index contributed by atoms with van der Waals surface area (Å²) in [5.41, 5.74) is 0.452. The number of rotatable bonds is 5. The molecule has 1 N–H and O–H groups in total. The molecule has 0 aliphatic carbocycles. The first-order valence-corrected chi connectivity index (χ1v) is 7.07. The summed E-state index contributed by atoms with van der Waals surface area (Å²) < 4.78 is 6.36. The molecule has 0 saturated carbocycles. The van der Waals surface area contributed by atoms with Gasteiger partial charge in [-0.2, -0.15) is 0 Å². The number of hydrogen-bond acceptors (Lipinski definition) is 5. The van der Waals surface area contributed by atoms with Crippen LogP contribution in [0.2, 0.25) is 0 Å². The first-order valence-electron chi connectivity index (χ1n) is 5.27. The minimum Gasteiger partial charge on any atom is -0.477 e. The number of carbonyl (C=O) groups is 1. The minimum atomic E-state index is -0.905. The van der Waals surface area contributed by atoms with Gasteiger partial charge in [0.15, 0.2) is 4.34 Å². The molecule has 0 unspecified atom stereocenters. The summed E-state index contributed by atoms with van der Waals surface area (Å²) in [7, 11) is 0. The van der Waals surface area contributed by atoms with Gasteiger partial charge in [-0.15, -0.1) is 11.3 Å². The van der Waals surface area contributed by atoms with E-state index in [2.05, 4.69) is 4.98 Å². The summed E-state index contributed by atoms with van der Waals surface area (Å²) in [4.78, 5) is 15.4. The van der Waals surface area contributed by atoms with Gasteiger partial charge in [-0.25, -0.2) is 9.78 Å². The lowest BCUT2D eigenvalue weighted by Gasteiger charge is -2.18. The Kier molecular flexibility index (Phi) is 4.97. The van der Waals surface area contributed by atoms with E-state index in [1.165, 1.54) is 23.1 Å². The van der Waals surface area contributed by atoms with Gasteiger partial charge in [-0.05, 0) is 27.7 Å². The Bertz CT molecular complexity index is 396. The highest BCUT2D eigenvalue weighted by molar-refractivity contribution is 8.01. The fourth-order valence-corrected chi connectivity index (χ4v) is 3.02. The van der Waals surface area contributed by atoms with Gasteiger partial charge < -0.3 is 9.84 Å². The molecule has 4 nitrogen and oxygen atoms in total. The fraction of sp³-hybridized carbons (Fsp3) is 0.636. The Labute approximate surface area is 109 Å². The third-order valence-electron chi connectivity index (χ3n) is 1.82. The highest BCUT2D eigenvalue weighted by Crippen LogP contribution is 2.27. The summed E-state index contributed by atoms with van der Waals surface area (Å²) >= 11 is 2.75. The van der Waals surface area contributed by atoms with E-state index >= 15 is 0 Å². The monoisotopic (exact) mass is 275 g/mol. The van der Waals surface area contributed by atoms with E-state index in [1.54, 1.807) is 6.92 Å². The first kappa shape index (κ1) is 14.5. The van der Waals surface area contributed by atoms with Gasteiger partial charge in [0, 0.05) is 5.75 Å². The minimum absolute atomic E-state index is 0.133. The molecule has 1 rings (SSSR count). The highest BCUT2D eigenvalue weighted by atomic mass is 32.2. The molecule has 17 heavy (non-hydrogen) atoms. The molecule has 1 aromatic rings. The van der Waals surface area contributed by atoms with Gasteiger partial charge in [-0.1, -0.05) is 11.8 Å². The third kappa shape index (κ3) is 5.06. The van der Waals surface area contributed by atoms with Crippen LogP contribution in [0.3, 0.4) is 0 Å². The average molecular weight is 275 g/mol. The largest absolute Gasteiger partial charge is 0.477 e. The van der Waals surface area contributed by atoms with Gasteiger partial charge in [0.1, 0.15) is 4.88 Å². The number of carboxylic acid groups (broad SMARTS) is 1. The van der Waals surface area contributed by atoms with Crippen LogP contribution in [0.4, 0.5) is 0 Å². The van der Waals surface area contributed by atoms with Crippen molar-refractivity contribution < 1.29 is 14.6 Å². The van der Waals surface area contributed by atoms with Crippen molar-refractivity contribution in [3.63, 3.8) is 0 Å². The van der Waals surface area contributed by atoms with Crippen LogP contribution < -0.4 is 0 Å². The zero-order valence-electron chi connectivity index (χ0n) is 10.4. The summed E-state index contributed by atoms with van der Waals surface area (Å²) in [5, 5.41) is 8.89. The molecule has 0 radical (unpaired) electrons. The molecule has 1 heterocycles. The molecule has 6 heteroatoms. The van der Waals surface area contributed by atoms with Crippen molar-refractivity contribution in [3.05, 3.63) is 10.6 Å². The quantitative estimate of drug-likeness (QED) is 0.661. The first-order chi connectivity index (χ1) is 7.79. The van der Waals surface area contributed by atoms with Crippen LogP contribution in [-0.2, 0) is 4.74 Å². The maximum absolute atomic E-state index is 10.8. The van der Waals surface area contributed by atoms with Gasteiger partial charge >= 0.3 is 5.97 Å². The predicted molar refractivity (Wildman–Crippen MR) is 70.2 cm³/mol. The maximum Gasteiger partial charge on any atom is 0.347 e. The molecule has 0 aromatic carbocycles. The molecule has 96 valence electrons. The van der Waals surface area contributed by atoms with E-state index in [9.17, 15) is 4.79 Å². The Balaban J connectivity index is 2.43. The van der Waals surface area contributed by atoms with Crippen LogP contribution in [0, 0.1) is 6.92 Å². The van der Waals surface area contributed by atoms with Crippen molar-refractivity contribution in [2.75, 3.05) is 12.4 Å². The van der Waals surface area contributed by atoms with Crippen molar-refractivity contribution in [1.29, 1.82) is 0 Å². The van der Waals surface area contributed by atoms with Gasteiger partial charge in [0.05, 0.1) is 17.9 Å². The maximum atomic E-state index is 10.8. The zero-order chi connectivity index (χ0) is 13.1. The third-order valence-corrected chi connectivity index (χ3v) is 4.07. The smallest absolute Gasteiger partial charge is 0.347 e. The number of aromatic nitrogens is 1.